The third-order valence-corrected chi connectivity index (χ3v) is 4.15. The van der Waals surface area contributed by atoms with Crippen molar-refractivity contribution in [3.05, 3.63) is 53.9 Å². The number of anilines is 2. The van der Waals surface area contributed by atoms with Crippen LogP contribution >= 0.6 is 0 Å². The summed E-state index contributed by atoms with van der Waals surface area (Å²) in [5.74, 6) is 0.470. The topological polar surface area (TPSA) is 64.1 Å². The Kier molecular flexibility index (Phi) is 5.46. The van der Waals surface area contributed by atoms with E-state index in [1.807, 2.05) is 57.2 Å². The highest BCUT2D eigenvalue weighted by Crippen LogP contribution is 2.31. The summed E-state index contributed by atoms with van der Waals surface area (Å²) in [6.45, 7) is 6.42. The number of nitrogens with zero attached hydrogens (tertiary/aromatic N) is 2. The largest absolute Gasteiger partial charge is 0.476 e. The summed E-state index contributed by atoms with van der Waals surface area (Å²) >= 11 is 0. The average Bonchev–Trinajstić information content (AvgIpc) is 2.64. The number of benzene rings is 1. The van der Waals surface area contributed by atoms with E-state index in [0.717, 1.165) is 28.7 Å². The van der Waals surface area contributed by atoms with Crippen molar-refractivity contribution in [3.8, 4) is 5.88 Å². The predicted molar refractivity (Wildman–Crippen MR) is 104 cm³/mol. The first-order valence-corrected chi connectivity index (χ1v) is 8.92. The summed E-state index contributed by atoms with van der Waals surface area (Å²) in [5.41, 5.74) is 3.98. The summed E-state index contributed by atoms with van der Waals surface area (Å²) in [5, 5.41) is 4.32. The number of carbonyl (C=O) groups is 1. The minimum absolute atomic E-state index is 0.0218. The standard InChI is InChI=1S/C21H23N3O2/c1-4-8-19(25)18-13-17(23-16-10-7-6-9-14(16)3)15-11-12-22-21(26-5-2)20(15)24-18/h6-7,9-13H,4-5,8H2,1-3H3,(H,23,24). The Labute approximate surface area is 153 Å². The van der Waals surface area contributed by atoms with Crippen molar-refractivity contribution in [2.75, 3.05) is 11.9 Å². The van der Waals surface area contributed by atoms with Crippen LogP contribution in [0.3, 0.4) is 0 Å². The fraction of sp³-hybridized carbons (Fsp3) is 0.286. The van der Waals surface area contributed by atoms with Gasteiger partial charge in [-0.3, -0.25) is 4.79 Å². The molecule has 5 heteroatoms. The van der Waals surface area contributed by atoms with Crippen LogP contribution in [-0.4, -0.2) is 22.4 Å². The van der Waals surface area contributed by atoms with Crippen molar-refractivity contribution < 1.29 is 9.53 Å². The highest BCUT2D eigenvalue weighted by molar-refractivity contribution is 6.02. The lowest BCUT2D eigenvalue weighted by Crippen LogP contribution is -2.06. The van der Waals surface area contributed by atoms with Gasteiger partial charge in [0.2, 0.25) is 5.88 Å². The molecule has 0 atom stereocenters. The molecule has 2 heterocycles. The fourth-order valence-corrected chi connectivity index (χ4v) is 2.83. The van der Waals surface area contributed by atoms with Gasteiger partial charge >= 0.3 is 0 Å². The molecule has 3 rings (SSSR count). The van der Waals surface area contributed by atoms with E-state index < -0.39 is 0 Å². The van der Waals surface area contributed by atoms with Gasteiger partial charge in [-0.05, 0) is 44.0 Å². The molecule has 0 fully saturated rings. The molecular formula is C21H23N3O2. The molecule has 1 N–H and O–H groups in total. The van der Waals surface area contributed by atoms with Crippen LogP contribution in [0.4, 0.5) is 11.4 Å². The molecular weight excluding hydrogens is 326 g/mol. The van der Waals surface area contributed by atoms with Crippen molar-refractivity contribution in [2.24, 2.45) is 0 Å². The van der Waals surface area contributed by atoms with E-state index in [4.69, 9.17) is 4.74 Å². The molecule has 0 bridgehead atoms. The Balaban J connectivity index is 2.17. The summed E-state index contributed by atoms with van der Waals surface area (Å²) < 4.78 is 5.63. The second kappa shape index (κ2) is 7.95. The van der Waals surface area contributed by atoms with Crippen molar-refractivity contribution in [1.82, 2.24) is 9.97 Å². The number of Topliss-reactive ketones (excluding diaryl/α,β-unsaturated/α-hetero) is 1. The van der Waals surface area contributed by atoms with Gasteiger partial charge in [0.1, 0.15) is 11.2 Å². The van der Waals surface area contributed by atoms with Crippen molar-refractivity contribution >= 4 is 28.1 Å². The van der Waals surface area contributed by atoms with E-state index in [1.54, 1.807) is 6.20 Å². The van der Waals surface area contributed by atoms with Crippen LogP contribution < -0.4 is 10.1 Å². The SMILES string of the molecule is CCCC(=O)c1cc(Nc2ccccc2C)c2ccnc(OCC)c2n1. The normalized spacial score (nSPS) is 10.7. The van der Waals surface area contributed by atoms with Gasteiger partial charge in [0.05, 0.1) is 12.3 Å². The van der Waals surface area contributed by atoms with Crippen LogP contribution in [0.15, 0.2) is 42.6 Å². The number of pyridine rings is 2. The Hall–Kier alpha value is -2.95. The summed E-state index contributed by atoms with van der Waals surface area (Å²) in [6.07, 6.45) is 2.95. The molecule has 0 aliphatic heterocycles. The average molecular weight is 349 g/mol. The summed E-state index contributed by atoms with van der Waals surface area (Å²) in [4.78, 5) is 21.3. The van der Waals surface area contributed by atoms with Gasteiger partial charge in [-0.1, -0.05) is 25.1 Å². The fourth-order valence-electron chi connectivity index (χ4n) is 2.83. The Bertz CT molecular complexity index is 938. The molecule has 0 saturated carbocycles. The van der Waals surface area contributed by atoms with Crippen molar-refractivity contribution in [1.29, 1.82) is 0 Å². The molecule has 0 spiro atoms. The third kappa shape index (κ3) is 3.67. The van der Waals surface area contributed by atoms with E-state index in [2.05, 4.69) is 15.3 Å². The maximum atomic E-state index is 12.5. The zero-order chi connectivity index (χ0) is 18.5. The van der Waals surface area contributed by atoms with Gasteiger partial charge in [0.15, 0.2) is 5.78 Å². The van der Waals surface area contributed by atoms with Crippen LogP contribution in [0.25, 0.3) is 10.9 Å². The number of hydrogen-bond donors (Lipinski definition) is 1. The minimum Gasteiger partial charge on any atom is -0.476 e. The van der Waals surface area contributed by atoms with Gasteiger partial charge in [0, 0.05) is 23.7 Å². The van der Waals surface area contributed by atoms with Crippen LogP contribution in [0.5, 0.6) is 5.88 Å². The number of aryl methyl sites for hydroxylation is 1. The number of ketones is 1. The highest BCUT2D eigenvalue weighted by atomic mass is 16.5. The van der Waals surface area contributed by atoms with E-state index in [9.17, 15) is 4.79 Å². The van der Waals surface area contributed by atoms with Gasteiger partial charge in [0.25, 0.3) is 0 Å². The first-order chi connectivity index (χ1) is 12.6. The lowest BCUT2D eigenvalue weighted by Gasteiger charge is -2.14. The molecule has 5 nitrogen and oxygen atoms in total. The number of fused-ring (bicyclic) bond motifs is 1. The molecule has 134 valence electrons. The maximum absolute atomic E-state index is 12.5. The van der Waals surface area contributed by atoms with Crippen molar-refractivity contribution in [3.63, 3.8) is 0 Å². The molecule has 0 aliphatic rings. The molecule has 26 heavy (non-hydrogen) atoms. The zero-order valence-electron chi connectivity index (χ0n) is 15.4. The second-order valence-electron chi connectivity index (χ2n) is 6.11. The number of nitrogens with one attached hydrogen (secondary N) is 1. The van der Waals surface area contributed by atoms with E-state index in [-0.39, 0.29) is 5.78 Å². The Morgan fingerprint density at radius 2 is 1.96 bits per heavy atom. The smallest absolute Gasteiger partial charge is 0.240 e. The molecule has 0 saturated heterocycles. The lowest BCUT2D eigenvalue weighted by atomic mass is 10.1. The molecule has 0 amide bonds. The molecule has 0 unspecified atom stereocenters. The van der Waals surface area contributed by atoms with Crippen LogP contribution in [0.2, 0.25) is 0 Å². The van der Waals surface area contributed by atoms with Crippen LogP contribution in [-0.2, 0) is 0 Å². The van der Waals surface area contributed by atoms with Crippen LogP contribution in [0, 0.1) is 6.92 Å². The van der Waals surface area contributed by atoms with Crippen molar-refractivity contribution in [2.45, 2.75) is 33.6 Å². The first kappa shape index (κ1) is 17.9. The Morgan fingerprint density at radius 3 is 2.69 bits per heavy atom. The zero-order valence-corrected chi connectivity index (χ0v) is 15.4. The summed E-state index contributed by atoms with van der Waals surface area (Å²) in [7, 11) is 0. The second-order valence-corrected chi connectivity index (χ2v) is 6.11. The number of carbonyl (C=O) groups excluding carboxylic acids is 1. The predicted octanol–water partition coefficient (Wildman–Crippen LogP) is 5.06. The molecule has 3 aromatic rings. The van der Waals surface area contributed by atoms with E-state index in [0.29, 0.717) is 30.1 Å². The minimum atomic E-state index is 0.0218. The maximum Gasteiger partial charge on any atom is 0.240 e. The van der Waals surface area contributed by atoms with Gasteiger partial charge in [-0.15, -0.1) is 0 Å². The highest BCUT2D eigenvalue weighted by Gasteiger charge is 2.15. The third-order valence-electron chi connectivity index (χ3n) is 4.15. The monoisotopic (exact) mass is 349 g/mol. The quantitative estimate of drug-likeness (QED) is 0.604. The molecule has 0 aliphatic carbocycles. The molecule has 1 aromatic carbocycles. The Morgan fingerprint density at radius 1 is 1.15 bits per heavy atom. The van der Waals surface area contributed by atoms with Crippen LogP contribution in [0.1, 0.15) is 42.7 Å². The van der Waals surface area contributed by atoms with Gasteiger partial charge in [-0.25, -0.2) is 9.97 Å². The number of para-hydroxylation sites is 1. The number of rotatable bonds is 7. The first-order valence-electron chi connectivity index (χ1n) is 8.92. The molecule has 2 aromatic heterocycles. The number of hydrogen-bond acceptors (Lipinski definition) is 5. The van der Waals surface area contributed by atoms with Gasteiger partial charge < -0.3 is 10.1 Å². The van der Waals surface area contributed by atoms with Gasteiger partial charge in [-0.2, -0.15) is 0 Å². The number of ether oxygens (including phenoxy) is 1. The van der Waals surface area contributed by atoms with E-state index in [1.165, 1.54) is 0 Å². The van der Waals surface area contributed by atoms with E-state index >= 15 is 0 Å². The number of aromatic nitrogens is 2. The molecule has 0 radical (unpaired) electrons. The summed E-state index contributed by atoms with van der Waals surface area (Å²) in [6, 6.07) is 11.7. The lowest BCUT2D eigenvalue weighted by molar-refractivity contribution is 0.0977.